The van der Waals surface area contributed by atoms with Crippen LogP contribution in [0.5, 0.6) is 0 Å². The Bertz CT molecular complexity index is 905. The Hall–Kier alpha value is -2.48. The molecular formula is C19H21F2N3O3. The summed E-state index contributed by atoms with van der Waals surface area (Å²) in [6, 6.07) is 7.81. The van der Waals surface area contributed by atoms with Gasteiger partial charge in [-0.25, -0.2) is 8.78 Å². The maximum Gasteiger partial charge on any atom is 0.290 e. The van der Waals surface area contributed by atoms with E-state index in [1.165, 1.54) is 4.90 Å². The molecule has 1 aromatic carbocycles. The number of rotatable bonds is 1. The fourth-order valence-corrected chi connectivity index (χ4v) is 4.56. The Labute approximate surface area is 154 Å². The van der Waals surface area contributed by atoms with E-state index in [2.05, 4.69) is 9.88 Å². The second-order valence-corrected chi connectivity index (χ2v) is 7.45. The van der Waals surface area contributed by atoms with Crippen molar-refractivity contribution >= 4 is 23.3 Å². The largest absolute Gasteiger partial charge is 0.483 e. The van der Waals surface area contributed by atoms with Crippen LogP contribution >= 0.6 is 0 Å². The smallest absolute Gasteiger partial charge is 0.290 e. The van der Waals surface area contributed by atoms with Gasteiger partial charge in [-0.3, -0.25) is 9.59 Å². The van der Waals surface area contributed by atoms with Crippen molar-refractivity contribution in [3.63, 3.8) is 0 Å². The molecule has 1 aromatic heterocycles. The number of aryl methyl sites for hydroxylation is 1. The van der Waals surface area contributed by atoms with Gasteiger partial charge in [0.25, 0.3) is 18.3 Å². The zero-order valence-corrected chi connectivity index (χ0v) is 14.8. The first-order valence-electron chi connectivity index (χ1n) is 9.00. The van der Waals surface area contributed by atoms with Gasteiger partial charge < -0.3 is 19.9 Å². The summed E-state index contributed by atoms with van der Waals surface area (Å²) in [5.74, 6) is -3.04. The molecule has 2 aromatic rings. The summed E-state index contributed by atoms with van der Waals surface area (Å²) >= 11 is 0. The number of hydrogen-bond donors (Lipinski definition) is 2. The number of amides is 1. The van der Waals surface area contributed by atoms with Crippen molar-refractivity contribution in [3.8, 4) is 0 Å². The lowest BCUT2D eigenvalue weighted by atomic mass is 9.78. The minimum absolute atomic E-state index is 0.144. The molecule has 6 nitrogen and oxygen atoms in total. The highest BCUT2D eigenvalue weighted by molar-refractivity contribution is 6.08. The van der Waals surface area contributed by atoms with Gasteiger partial charge in [0.05, 0.1) is 17.5 Å². The van der Waals surface area contributed by atoms with Crippen molar-refractivity contribution in [1.29, 1.82) is 0 Å². The number of carboxylic acid groups (broad SMARTS) is 1. The second kappa shape index (κ2) is 6.30. The molecule has 8 heteroatoms. The van der Waals surface area contributed by atoms with E-state index < -0.39 is 17.9 Å². The summed E-state index contributed by atoms with van der Waals surface area (Å²) in [4.78, 5) is 22.9. The van der Waals surface area contributed by atoms with Gasteiger partial charge in [0.1, 0.15) is 0 Å². The first-order valence-corrected chi connectivity index (χ1v) is 9.00. The molecule has 0 bridgehead atoms. The third-order valence-corrected chi connectivity index (χ3v) is 5.96. The van der Waals surface area contributed by atoms with Crippen LogP contribution in [0.15, 0.2) is 24.3 Å². The van der Waals surface area contributed by atoms with Crippen LogP contribution in [0.1, 0.15) is 22.5 Å². The zero-order chi connectivity index (χ0) is 19.2. The van der Waals surface area contributed by atoms with Gasteiger partial charge in [-0.1, -0.05) is 18.2 Å². The van der Waals surface area contributed by atoms with Crippen molar-refractivity contribution in [2.24, 2.45) is 5.41 Å². The standard InChI is InChI=1S/C18H19F2N3O.CH2O2/c19-18(20)11-22(10-17(18)8-21-9-17)16(24)15-12-4-1-2-5-13(12)23-7-3-6-14(15)23;2-1-3/h1-2,4-5,21H,3,6-11H2;1H,(H,2,3). The first-order chi connectivity index (χ1) is 12.9. The summed E-state index contributed by atoms with van der Waals surface area (Å²) in [7, 11) is 0. The van der Waals surface area contributed by atoms with Crippen molar-refractivity contribution in [1.82, 2.24) is 14.8 Å². The first kappa shape index (κ1) is 17.9. The number of carbonyl (C=O) groups excluding carboxylic acids is 1. The number of aromatic nitrogens is 1. The third kappa shape index (κ3) is 2.54. The van der Waals surface area contributed by atoms with Gasteiger partial charge >= 0.3 is 0 Å². The Morgan fingerprint density at radius 2 is 1.93 bits per heavy atom. The number of fused-ring (bicyclic) bond motifs is 3. The van der Waals surface area contributed by atoms with Gasteiger partial charge in [-0.15, -0.1) is 0 Å². The summed E-state index contributed by atoms with van der Waals surface area (Å²) in [5.41, 5.74) is 1.63. The summed E-state index contributed by atoms with van der Waals surface area (Å²) in [5, 5.41) is 10.7. The average Bonchev–Trinajstić information content (AvgIpc) is 3.24. The van der Waals surface area contributed by atoms with Crippen molar-refractivity contribution in [2.45, 2.75) is 25.3 Å². The predicted octanol–water partition coefficient (Wildman–Crippen LogP) is 1.97. The number of halogens is 2. The maximum atomic E-state index is 14.4. The van der Waals surface area contributed by atoms with E-state index in [0.29, 0.717) is 18.7 Å². The summed E-state index contributed by atoms with van der Waals surface area (Å²) in [6.07, 6.45) is 1.84. The number of nitrogens with one attached hydrogen (secondary N) is 1. The molecule has 27 heavy (non-hydrogen) atoms. The average molecular weight is 377 g/mol. The lowest BCUT2D eigenvalue weighted by Gasteiger charge is -2.42. The molecule has 0 saturated carbocycles. The quantitative estimate of drug-likeness (QED) is 0.746. The van der Waals surface area contributed by atoms with E-state index in [9.17, 15) is 13.6 Å². The molecular weight excluding hydrogens is 356 g/mol. The molecule has 2 saturated heterocycles. The molecule has 2 fully saturated rings. The monoisotopic (exact) mass is 377 g/mol. The lowest BCUT2D eigenvalue weighted by Crippen LogP contribution is -2.62. The van der Waals surface area contributed by atoms with Crippen LogP contribution in [0, 0.1) is 5.41 Å². The minimum atomic E-state index is -2.81. The van der Waals surface area contributed by atoms with Gasteiger partial charge in [0.2, 0.25) is 0 Å². The summed E-state index contributed by atoms with van der Waals surface area (Å²) in [6.45, 7) is 0.904. The van der Waals surface area contributed by atoms with E-state index in [4.69, 9.17) is 9.90 Å². The highest BCUT2D eigenvalue weighted by Gasteiger charge is 2.64. The minimum Gasteiger partial charge on any atom is -0.483 e. The van der Waals surface area contributed by atoms with Gasteiger partial charge in [0.15, 0.2) is 0 Å². The number of alkyl halides is 2. The lowest BCUT2D eigenvalue weighted by molar-refractivity contribution is -0.122. The highest BCUT2D eigenvalue weighted by atomic mass is 19.3. The Morgan fingerprint density at radius 1 is 1.22 bits per heavy atom. The normalized spacial score (nSPS) is 21.5. The molecule has 3 aliphatic rings. The number of likely N-dealkylation sites (tertiary alicyclic amines) is 1. The number of benzene rings is 1. The van der Waals surface area contributed by atoms with Gasteiger partial charge in [-0.2, -0.15) is 0 Å². The van der Waals surface area contributed by atoms with Crippen molar-refractivity contribution < 1.29 is 23.5 Å². The van der Waals surface area contributed by atoms with Crippen molar-refractivity contribution in [2.75, 3.05) is 26.2 Å². The van der Waals surface area contributed by atoms with E-state index >= 15 is 0 Å². The summed E-state index contributed by atoms with van der Waals surface area (Å²) < 4.78 is 31.1. The van der Waals surface area contributed by atoms with Gasteiger partial charge in [0, 0.05) is 42.8 Å². The Kier molecular flexibility index (Phi) is 4.18. The van der Waals surface area contributed by atoms with Crippen LogP contribution in [0.25, 0.3) is 10.9 Å². The molecule has 3 aliphatic heterocycles. The zero-order valence-electron chi connectivity index (χ0n) is 14.8. The SMILES string of the molecule is O=C(c1c2n(c3ccccc13)CCC2)N1CC(F)(F)C2(CNC2)C1.O=CO. The van der Waals surface area contributed by atoms with E-state index in [1.807, 2.05) is 24.3 Å². The molecule has 1 spiro atoms. The number of carbonyl (C=O) groups is 2. The number of para-hydroxylation sites is 1. The van der Waals surface area contributed by atoms with E-state index in [0.717, 1.165) is 36.0 Å². The Balaban J connectivity index is 0.000000565. The van der Waals surface area contributed by atoms with Crippen molar-refractivity contribution in [3.05, 3.63) is 35.5 Å². The highest BCUT2D eigenvalue weighted by Crippen LogP contribution is 2.47. The van der Waals surface area contributed by atoms with Crippen LogP contribution in [0.2, 0.25) is 0 Å². The fraction of sp³-hybridized carbons (Fsp3) is 0.474. The van der Waals surface area contributed by atoms with Crippen LogP contribution in [0.3, 0.4) is 0 Å². The maximum absolute atomic E-state index is 14.4. The molecule has 4 heterocycles. The molecule has 0 radical (unpaired) electrons. The molecule has 0 atom stereocenters. The van der Waals surface area contributed by atoms with Crippen LogP contribution in [-0.4, -0.2) is 59.1 Å². The second-order valence-electron chi connectivity index (χ2n) is 7.45. The molecule has 1 amide bonds. The van der Waals surface area contributed by atoms with E-state index in [-0.39, 0.29) is 18.9 Å². The predicted molar refractivity (Wildman–Crippen MR) is 95.1 cm³/mol. The molecule has 144 valence electrons. The molecule has 5 rings (SSSR count). The molecule has 2 N–H and O–H groups in total. The van der Waals surface area contributed by atoms with Crippen LogP contribution in [-0.2, 0) is 17.8 Å². The fourth-order valence-electron chi connectivity index (χ4n) is 4.56. The van der Waals surface area contributed by atoms with Crippen LogP contribution in [0.4, 0.5) is 8.78 Å². The number of hydrogen-bond acceptors (Lipinski definition) is 3. The third-order valence-electron chi connectivity index (χ3n) is 5.96. The Morgan fingerprint density at radius 3 is 2.56 bits per heavy atom. The molecule has 0 unspecified atom stereocenters. The molecule has 0 aliphatic carbocycles. The van der Waals surface area contributed by atoms with Crippen LogP contribution < -0.4 is 5.32 Å². The van der Waals surface area contributed by atoms with E-state index in [1.54, 1.807) is 0 Å². The topological polar surface area (TPSA) is 74.6 Å². The number of nitrogens with zero attached hydrogens (tertiary/aromatic N) is 2. The van der Waals surface area contributed by atoms with Gasteiger partial charge in [-0.05, 0) is 18.9 Å².